The highest BCUT2D eigenvalue weighted by molar-refractivity contribution is 5.39. The maximum atomic E-state index is 2.36. The summed E-state index contributed by atoms with van der Waals surface area (Å²) < 4.78 is 0. The van der Waals surface area contributed by atoms with Gasteiger partial charge in [-0.25, -0.2) is 0 Å². The average Bonchev–Trinajstić information content (AvgIpc) is 2.28. The third kappa shape index (κ3) is 0.942. The molecular weight excluding hydrogens is 120 g/mol. The molecule has 0 aromatic heterocycles. The second-order valence-corrected chi connectivity index (χ2v) is 2.94. The molecule has 0 N–H and O–H groups in total. The highest BCUT2D eigenvalue weighted by Crippen LogP contribution is 2.31. The predicted molar refractivity (Wildman–Crippen MR) is 43.8 cm³/mol. The molecule has 0 unspecified atom stereocenters. The standard InChI is InChI=1S/C10H12/c1-2-5-9-7-4-8-10(9)6-3-1/h1-2,5-6H,3-4,7-8H2. The molecule has 0 aromatic rings. The minimum atomic E-state index is 1.13. The molecule has 0 aromatic carbocycles. The second-order valence-electron chi connectivity index (χ2n) is 2.94. The summed E-state index contributed by atoms with van der Waals surface area (Å²) in [5.74, 6) is 0. The highest BCUT2D eigenvalue weighted by Gasteiger charge is 2.12. The van der Waals surface area contributed by atoms with Crippen molar-refractivity contribution in [3.8, 4) is 0 Å². The van der Waals surface area contributed by atoms with Crippen LogP contribution in [-0.4, -0.2) is 0 Å². The minimum Gasteiger partial charge on any atom is -0.0807 e. The van der Waals surface area contributed by atoms with Crippen LogP contribution in [0.25, 0.3) is 0 Å². The molecule has 0 bridgehead atoms. The van der Waals surface area contributed by atoms with Crippen LogP contribution in [0.5, 0.6) is 0 Å². The molecule has 0 saturated heterocycles. The number of rotatable bonds is 0. The van der Waals surface area contributed by atoms with Gasteiger partial charge < -0.3 is 0 Å². The third-order valence-corrected chi connectivity index (χ3v) is 2.24. The molecule has 10 heavy (non-hydrogen) atoms. The third-order valence-electron chi connectivity index (χ3n) is 2.24. The van der Waals surface area contributed by atoms with Crippen molar-refractivity contribution in [2.75, 3.05) is 0 Å². The Balaban J connectivity index is 2.34. The van der Waals surface area contributed by atoms with Crippen molar-refractivity contribution >= 4 is 0 Å². The molecule has 0 spiro atoms. The van der Waals surface area contributed by atoms with E-state index in [2.05, 4.69) is 24.3 Å². The van der Waals surface area contributed by atoms with Crippen LogP contribution in [-0.2, 0) is 0 Å². The van der Waals surface area contributed by atoms with Crippen LogP contribution in [0.2, 0.25) is 0 Å². The summed E-state index contributed by atoms with van der Waals surface area (Å²) in [5.41, 5.74) is 3.18. The van der Waals surface area contributed by atoms with Crippen molar-refractivity contribution in [1.82, 2.24) is 0 Å². The molecule has 0 radical (unpaired) electrons. The van der Waals surface area contributed by atoms with Gasteiger partial charge in [-0.1, -0.05) is 24.3 Å². The first-order chi connectivity index (χ1) is 4.97. The van der Waals surface area contributed by atoms with Gasteiger partial charge in [-0.15, -0.1) is 0 Å². The summed E-state index contributed by atoms with van der Waals surface area (Å²) in [6.07, 6.45) is 14.2. The van der Waals surface area contributed by atoms with E-state index in [4.69, 9.17) is 0 Å². The summed E-state index contributed by atoms with van der Waals surface area (Å²) in [6.45, 7) is 0. The van der Waals surface area contributed by atoms with E-state index in [0.717, 1.165) is 6.42 Å². The smallest absolute Gasteiger partial charge is 0.0160 e. The van der Waals surface area contributed by atoms with E-state index in [1.807, 2.05) is 0 Å². The van der Waals surface area contributed by atoms with E-state index < -0.39 is 0 Å². The van der Waals surface area contributed by atoms with Crippen LogP contribution in [0.1, 0.15) is 25.7 Å². The van der Waals surface area contributed by atoms with Crippen molar-refractivity contribution in [3.63, 3.8) is 0 Å². The Labute approximate surface area is 61.9 Å². The first-order valence-electron chi connectivity index (χ1n) is 4.02. The summed E-state index contributed by atoms with van der Waals surface area (Å²) >= 11 is 0. The lowest BCUT2D eigenvalue weighted by atomic mass is 10.1. The van der Waals surface area contributed by atoms with Gasteiger partial charge in [-0.3, -0.25) is 0 Å². The number of fused-ring (bicyclic) bond motifs is 1. The van der Waals surface area contributed by atoms with Crippen LogP contribution in [0, 0.1) is 0 Å². The van der Waals surface area contributed by atoms with Crippen molar-refractivity contribution in [2.45, 2.75) is 25.7 Å². The van der Waals surface area contributed by atoms with Crippen LogP contribution in [0.3, 0.4) is 0 Å². The fourth-order valence-corrected chi connectivity index (χ4v) is 1.69. The van der Waals surface area contributed by atoms with Gasteiger partial charge in [0.2, 0.25) is 0 Å². The van der Waals surface area contributed by atoms with E-state index in [0.29, 0.717) is 0 Å². The Bertz CT molecular complexity index is 216. The maximum Gasteiger partial charge on any atom is -0.0160 e. The Hall–Kier alpha value is -0.780. The van der Waals surface area contributed by atoms with Crippen LogP contribution >= 0.6 is 0 Å². The molecule has 2 aliphatic rings. The van der Waals surface area contributed by atoms with Gasteiger partial charge in [-0.2, -0.15) is 0 Å². The predicted octanol–water partition coefficient (Wildman–Crippen LogP) is 2.98. The largest absolute Gasteiger partial charge is 0.0807 e. The zero-order valence-electron chi connectivity index (χ0n) is 6.14. The SMILES string of the molecule is C1=CCC=C2CCCC2=C1. The second kappa shape index (κ2) is 2.45. The highest BCUT2D eigenvalue weighted by atomic mass is 14.2. The van der Waals surface area contributed by atoms with Gasteiger partial charge in [-0.05, 0) is 36.8 Å². The fraction of sp³-hybridized carbons (Fsp3) is 0.400. The summed E-state index contributed by atoms with van der Waals surface area (Å²) in [7, 11) is 0. The van der Waals surface area contributed by atoms with E-state index >= 15 is 0 Å². The lowest BCUT2D eigenvalue weighted by Crippen LogP contribution is -1.74. The molecule has 1 fully saturated rings. The lowest BCUT2D eigenvalue weighted by molar-refractivity contribution is 0.930. The van der Waals surface area contributed by atoms with E-state index in [9.17, 15) is 0 Å². The number of allylic oxidation sites excluding steroid dienone is 6. The normalized spacial score (nSPS) is 23.2. The fourth-order valence-electron chi connectivity index (χ4n) is 1.69. The van der Waals surface area contributed by atoms with Gasteiger partial charge in [0.05, 0.1) is 0 Å². The molecule has 1 saturated carbocycles. The molecular formula is C10H12. The molecule has 0 heterocycles. The maximum absolute atomic E-state index is 2.36. The Morgan fingerprint density at radius 1 is 1.10 bits per heavy atom. The molecule has 2 rings (SSSR count). The van der Waals surface area contributed by atoms with Gasteiger partial charge in [0.15, 0.2) is 0 Å². The topological polar surface area (TPSA) is 0 Å². The Kier molecular flexibility index (Phi) is 1.46. The molecule has 0 aliphatic heterocycles. The summed E-state index contributed by atoms with van der Waals surface area (Å²) in [6, 6.07) is 0. The van der Waals surface area contributed by atoms with E-state index in [1.54, 1.807) is 11.1 Å². The molecule has 52 valence electrons. The van der Waals surface area contributed by atoms with Gasteiger partial charge in [0.25, 0.3) is 0 Å². The van der Waals surface area contributed by atoms with Gasteiger partial charge >= 0.3 is 0 Å². The number of hydrogen-bond acceptors (Lipinski definition) is 0. The molecule has 0 atom stereocenters. The zero-order valence-corrected chi connectivity index (χ0v) is 6.14. The molecule has 2 aliphatic carbocycles. The van der Waals surface area contributed by atoms with Crippen LogP contribution in [0.15, 0.2) is 35.5 Å². The quantitative estimate of drug-likeness (QED) is 0.475. The van der Waals surface area contributed by atoms with Crippen molar-refractivity contribution in [2.24, 2.45) is 0 Å². The lowest BCUT2D eigenvalue weighted by Gasteiger charge is -1.94. The first kappa shape index (κ1) is 5.96. The van der Waals surface area contributed by atoms with Crippen molar-refractivity contribution in [1.29, 1.82) is 0 Å². The molecule has 0 amide bonds. The molecule has 0 heteroatoms. The monoisotopic (exact) mass is 132 g/mol. The van der Waals surface area contributed by atoms with Crippen LogP contribution < -0.4 is 0 Å². The van der Waals surface area contributed by atoms with Crippen LogP contribution in [0.4, 0.5) is 0 Å². The van der Waals surface area contributed by atoms with E-state index in [1.165, 1.54) is 19.3 Å². The van der Waals surface area contributed by atoms with Crippen molar-refractivity contribution < 1.29 is 0 Å². The minimum absolute atomic E-state index is 1.13. The van der Waals surface area contributed by atoms with Gasteiger partial charge in [0, 0.05) is 0 Å². The summed E-state index contributed by atoms with van der Waals surface area (Å²) in [5, 5.41) is 0. The first-order valence-corrected chi connectivity index (χ1v) is 4.02. The average molecular weight is 132 g/mol. The summed E-state index contributed by atoms with van der Waals surface area (Å²) in [4.78, 5) is 0. The Morgan fingerprint density at radius 3 is 3.00 bits per heavy atom. The van der Waals surface area contributed by atoms with Crippen molar-refractivity contribution in [3.05, 3.63) is 35.5 Å². The van der Waals surface area contributed by atoms with E-state index in [-0.39, 0.29) is 0 Å². The Morgan fingerprint density at radius 2 is 2.00 bits per heavy atom. The molecule has 0 nitrogen and oxygen atoms in total. The number of hydrogen-bond donors (Lipinski definition) is 0. The zero-order chi connectivity index (χ0) is 6.81. The van der Waals surface area contributed by atoms with Gasteiger partial charge in [0.1, 0.15) is 0 Å².